The molecule has 4 N–H and O–H groups in total. The van der Waals surface area contributed by atoms with Crippen molar-refractivity contribution in [2.24, 2.45) is 11.5 Å². The van der Waals surface area contributed by atoms with E-state index < -0.39 is 10.9 Å². The Balaban J connectivity index is 3.39. The summed E-state index contributed by atoms with van der Waals surface area (Å²) < 4.78 is 0. The van der Waals surface area contributed by atoms with Crippen LogP contribution in [-0.4, -0.2) is 23.2 Å². The summed E-state index contributed by atoms with van der Waals surface area (Å²) in [4.78, 5) is 10.2. The van der Waals surface area contributed by atoms with Gasteiger partial charge in [0.05, 0.1) is 6.04 Å². The number of ketones is 1. The molecule has 0 aromatic carbocycles. The maximum atomic E-state index is 11.2. The van der Waals surface area contributed by atoms with Crippen LogP contribution in [0.1, 0.15) is 38.5 Å². The molecule has 0 radical (unpaired) electrons. The zero-order valence-electron chi connectivity index (χ0n) is 8.92. The molecule has 0 heterocycles. The van der Waals surface area contributed by atoms with Gasteiger partial charge in [-0.1, -0.05) is 48.9 Å². The molecule has 5 heteroatoms. The maximum Gasteiger partial charge on any atom is 0.182 e. The Bertz CT molecular complexity index is 177. The number of halogens is 2. The van der Waals surface area contributed by atoms with Crippen molar-refractivity contribution in [1.82, 2.24) is 0 Å². The summed E-state index contributed by atoms with van der Waals surface area (Å²) >= 11 is 10.9. The Labute approximate surface area is 101 Å². The summed E-state index contributed by atoms with van der Waals surface area (Å²) in [5.74, 6) is -0.278. The van der Waals surface area contributed by atoms with Crippen LogP contribution in [0.2, 0.25) is 0 Å². The summed E-state index contributed by atoms with van der Waals surface area (Å²) in [6, 6.07) is -0.514. The van der Waals surface area contributed by atoms with Gasteiger partial charge in [0, 0.05) is 0 Å². The molecule has 0 saturated heterocycles. The van der Waals surface area contributed by atoms with Gasteiger partial charge in [0.2, 0.25) is 0 Å². The SMILES string of the molecule is NCCCCCCCC(N)C(=O)C(Cl)Cl. The molecule has 0 saturated carbocycles. The number of unbranched alkanes of at least 4 members (excludes halogenated alkanes) is 4. The number of hydrogen-bond donors (Lipinski definition) is 2. The number of rotatable bonds is 9. The normalized spacial score (nSPS) is 13.1. The molecule has 0 spiro atoms. The molecule has 3 nitrogen and oxygen atoms in total. The third-order valence-corrected chi connectivity index (χ3v) is 2.73. The monoisotopic (exact) mass is 254 g/mol. The van der Waals surface area contributed by atoms with E-state index >= 15 is 0 Å². The van der Waals surface area contributed by atoms with Crippen LogP contribution < -0.4 is 11.5 Å². The van der Waals surface area contributed by atoms with Gasteiger partial charge in [0.1, 0.15) is 0 Å². The van der Waals surface area contributed by atoms with Gasteiger partial charge >= 0.3 is 0 Å². The van der Waals surface area contributed by atoms with Crippen molar-refractivity contribution >= 4 is 29.0 Å². The van der Waals surface area contributed by atoms with Crippen LogP contribution in [0.25, 0.3) is 0 Å². The molecule has 15 heavy (non-hydrogen) atoms. The van der Waals surface area contributed by atoms with Crippen LogP contribution in [0.15, 0.2) is 0 Å². The number of nitrogens with two attached hydrogens (primary N) is 2. The lowest BCUT2D eigenvalue weighted by atomic mass is 10.0. The third-order valence-electron chi connectivity index (χ3n) is 2.30. The average molecular weight is 255 g/mol. The topological polar surface area (TPSA) is 69.1 Å². The van der Waals surface area contributed by atoms with Gasteiger partial charge in [-0.25, -0.2) is 0 Å². The van der Waals surface area contributed by atoms with Gasteiger partial charge in [0.15, 0.2) is 10.6 Å². The summed E-state index contributed by atoms with van der Waals surface area (Å²) in [5, 5.41) is 0. The first-order valence-corrected chi connectivity index (χ1v) is 6.24. The minimum Gasteiger partial charge on any atom is -0.330 e. The first-order chi connectivity index (χ1) is 7.09. The van der Waals surface area contributed by atoms with Gasteiger partial charge in [-0.15, -0.1) is 0 Å². The van der Waals surface area contributed by atoms with Crippen LogP contribution in [0, 0.1) is 0 Å². The highest BCUT2D eigenvalue weighted by Crippen LogP contribution is 2.11. The molecule has 1 unspecified atom stereocenters. The first-order valence-electron chi connectivity index (χ1n) is 5.37. The molecular formula is C10H20Cl2N2O. The molecule has 0 aliphatic rings. The van der Waals surface area contributed by atoms with E-state index in [1.165, 1.54) is 0 Å². The average Bonchev–Trinajstić information content (AvgIpc) is 2.21. The lowest BCUT2D eigenvalue weighted by Gasteiger charge is -2.10. The second-order valence-electron chi connectivity index (χ2n) is 3.65. The molecule has 0 fully saturated rings. The van der Waals surface area contributed by atoms with Gasteiger partial charge < -0.3 is 11.5 Å². The zero-order valence-corrected chi connectivity index (χ0v) is 10.4. The Hall–Kier alpha value is 0.170. The molecule has 0 aliphatic heterocycles. The Morgan fingerprint density at radius 3 is 2.13 bits per heavy atom. The highest BCUT2D eigenvalue weighted by atomic mass is 35.5. The number of Topliss-reactive ketones (excluding diaryl/α,β-unsaturated/α-hetero) is 1. The number of alkyl halides is 2. The van der Waals surface area contributed by atoms with Crippen molar-refractivity contribution in [1.29, 1.82) is 0 Å². The van der Waals surface area contributed by atoms with E-state index in [4.69, 9.17) is 34.7 Å². The summed E-state index contributed by atoms with van der Waals surface area (Å²) in [6.45, 7) is 0.748. The smallest absolute Gasteiger partial charge is 0.182 e. The number of carbonyl (C=O) groups excluding carboxylic acids is 1. The third kappa shape index (κ3) is 8.03. The highest BCUT2D eigenvalue weighted by molar-refractivity contribution is 6.54. The van der Waals surface area contributed by atoms with Crippen molar-refractivity contribution in [2.75, 3.05) is 6.54 Å². The standard InChI is InChI=1S/C10H20Cl2N2O/c11-10(12)9(15)8(14)6-4-2-1-3-5-7-13/h8,10H,1-7,13-14H2. The lowest BCUT2D eigenvalue weighted by molar-refractivity contribution is -0.118. The fourth-order valence-corrected chi connectivity index (χ4v) is 1.67. The molecule has 0 aromatic heterocycles. The first kappa shape index (κ1) is 15.2. The molecule has 0 aliphatic carbocycles. The van der Waals surface area contributed by atoms with Gasteiger partial charge in [-0.3, -0.25) is 4.79 Å². The van der Waals surface area contributed by atoms with E-state index in [1.807, 2.05) is 0 Å². The van der Waals surface area contributed by atoms with E-state index in [0.717, 1.165) is 38.6 Å². The van der Waals surface area contributed by atoms with Crippen LogP contribution in [0.3, 0.4) is 0 Å². The molecule has 0 bridgehead atoms. The van der Waals surface area contributed by atoms with Crippen LogP contribution in [0.5, 0.6) is 0 Å². The lowest BCUT2D eigenvalue weighted by Crippen LogP contribution is -2.34. The van der Waals surface area contributed by atoms with E-state index in [2.05, 4.69) is 0 Å². The van der Waals surface area contributed by atoms with Crippen molar-refractivity contribution in [3.8, 4) is 0 Å². The van der Waals surface area contributed by atoms with Crippen LogP contribution in [-0.2, 0) is 4.79 Å². The van der Waals surface area contributed by atoms with Crippen molar-refractivity contribution in [2.45, 2.75) is 49.4 Å². The van der Waals surface area contributed by atoms with Crippen LogP contribution in [0.4, 0.5) is 0 Å². The molecule has 0 amide bonds. The fourth-order valence-electron chi connectivity index (χ4n) is 1.34. The second kappa shape index (κ2) is 9.40. The van der Waals surface area contributed by atoms with E-state index in [9.17, 15) is 4.79 Å². The van der Waals surface area contributed by atoms with Crippen molar-refractivity contribution < 1.29 is 4.79 Å². The minimum atomic E-state index is -0.989. The summed E-state index contributed by atoms with van der Waals surface area (Å²) in [7, 11) is 0. The number of hydrogen-bond acceptors (Lipinski definition) is 3. The minimum absolute atomic E-state index is 0.278. The fraction of sp³-hybridized carbons (Fsp3) is 0.900. The predicted molar refractivity (Wildman–Crippen MR) is 65.2 cm³/mol. The highest BCUT2D eigenvalue weighted by Gasteiger charge is 2.19. The van der Waals surface area contributed by atoms with E-state index in [1.54, 1.807) is 0 Å². The molecule has 1 atom stereocenters. The molecule has 90 valence electrons. The number of carbonyl (C=O) groups is 1. The quantitative estimate of drug-likeness (QED) is 0.489. The Morgan fingerprint density at radius 1 is 1.07 bits per heavy atom. The van der Waals surface area contributed by atoms with Gasteiger partial charge in [-0.05, 0) is 19.4 Å². The molecular weight excluding hydrogens is 235 g/mol. The van der Waals surface area contributed by atoms with Gasteiger partial charge in [-0.2, -0.15) is 0 Å². The van der Waals surface area contributed by atoms with E-state index in [-0.39, 0.29) is 5.78 Å². The Kier molecular flexibility index (Phi) is 9.51. The molecule has 0 aromatic rings. The van der Waals surface area contributed by atoms with Crippen LogP contribution >= 0.6 is 23.2 Å². The maximum absolute atomic E-state index is 11.2. The summed E-state index contributed by atoms with van der Waals surface area (Å²) in [5.41, 5.74) is 11.0. The second-order valence-corrected chi connectivity index (χ2v) is 4.75. The van der Waals surface area contributed by atoms with Gasteiger partial charge in [0.25, 0.3) is 0 Å². The van der Waals surface area contributed by atoms with Crippen molar-refractivity contribution in [3.05, 3.63) is 0 Å². The molecule has 0 rings (SSSR count). The summed E-state index contributed by atoms with van der Waals surface area (Å²) in [6.07, 6.45) is 6.04. The van der Waals surface area contributed by atoms with E-state index in [0.29, 0.717) is 6.42 Å². The largest absolute Gasteiger partial charge is 0.330 e. The Morgan fingerprint density at radius 2 is 1.60 bits per heavy atom. The van der Waals surface area contributed by atoms with Crippen molar-refractivity contribution in [3.63, 3.8) is 0 Å². The zero-order chi connectivity index (χ0) is 11.7. The predicted octanol–water partition coefficient (Wildman–Crippen LogP) is 1.99.